The van der Waals surface area contributed by atoms with Crippen LogP contribution in [0.2, 0.25) is 0 Å². The standard InChI is InChI=1S/C15H14FN5OS/c16-10-3-1-9(2-4-10)13-18-11(7-22-13)8-23-15-20-19-14(17)21(15)12-5-6-12/h1-4,7,12H,5-6,8H2,(H2,17,19). The van der Waals surface area contributed by atoms with Gasteiger partial charge in [-0.15, -0.1) is 10.2 Å². The maximum atomic E-state index is 12.9. The molecule has 4 rings (SSSR count). The first-order chi connectivity index (χ1) is 11.2. The Bertz CT molecular complexity index is 825. The highest BCUT2D eigenvalue weighted by atomic mass is 32.2. The van der Waals surface area contributed by atoms with Crippen molar-refractivity contribution in [3.8, 4) is 11.5 Å². The van der Waals surface area contributed by atoms with E-state index in [2.05, 4.69) is 15.2 Å². The van der Waals surface area contributed by atoms with Crippen LogP contribution in [0, 0.1) is 5.82 Å². The number of benzene rings is 1. The highest BCUT2D eigenvalue weighted by molar-refractivity contribution is 7.98. The zero-order chi connectivity index (χ0) is 15.8. The fraction of sp³-hybridized carbons (Fsp3) is 0.267. The summed E-state index contributed by atoms with van der Waals surface area (Å²) in [6.07, 6.45) is 3.84. The predicted molar refractivity (Wildman–Crippen MR) is 84.2 cm³/mol. The molecule has 1 saturated carbocycles. The van der Waals surface area contributed by atoms with Crippen molar-refractivity contribution in [1.82, 2.24) is 19.7 Å². The molecule has 1 aliphatic rings. The van der Waals surface area contributed by atoms with E-state index in [1.807, 2.05) is 4.57 Å². The second-order valence-corrected chi connectivity index (χ2v) is 6.32. The van der Waals surface area contributed by atoms with Gasteiger partial charge in [0.2, 0.25) is 11.8 Å². The highest BCUT2D eigenvalue weighted by Gasteiger charge is 2.28. The molecule has 8 heteroatoms. The second kappa shape index (κ2) is 5.69. The smallest absolute Gasteiger partial charge is 0.226 e. The third-order valence-corrected chi connectivity index (χ3v) is 4.57. The topological polar surface area (TPSA) is 82.8 Å². The van der Waals surface area contributed by atoms with Gasteiger partial charge in [0.1, 0.15) is 12.1 Å². The summed E-state index contributed by atoms with van der Waals surface area (Å²) in [5.41, 5.74) is 7.39. The average molecular weight is 331 g/mol. The van der Waals surface area contributed by atoms with Gasteiger partial charge in [0, 0.05) is 17.4 Å². The Kier molecular flexibility index (Phi) is 3.53. The summed E-state index contributed by atoms with van der Waals surface area (Å²) in [6.45, 7) is 0. The van der Waals surface area contributed by atoms with Gasteiger partial charge in [-0.1, -0.05) is 11.8 Å². The molecule has 118 valence electrons. The molecule has 0 radical (unpaired) electrons. The van der Waals surface area contributed by atoms with Crippen LogP contribution >= 0.6 is 11.8 Å². The van der Waals surface area contributed by atoms with Crippen molar-refractivity contribution in [2.24, 2.45) is 0 Å². The van der Waals surface area contributed by atoms with Gasteiger partial charge in [0.05, 0.1) is 5.69 Å². The molecule has 0 spiro atoms. The molecule has 0 saturated heterocycles. The third-order valence-electron chi connectivity index (χ3n) is 3.59. The molecular formula is C15H14FN5OS. The molecule has 1 aliphatic carbocycles. The Morgan fingerprint density at radius 3 is 2.78 bits per heavy atom. The summed E-state index contributed by atoms with van der Waals surface area (Å²) in [7, 11) is 0. The van der Waals surface area contributed by atoms with Crippen LogP contribution in [0.3, 0.4) is 0 Å². The molecule has 2 aromatic heterocycles. The number of anilines is 1. The van der Waals surface area contributed by atoms with Crippen LogP contribution in [0.1, 0.15) is 24.6 Å². The van der Waals surface area contributed by atoms with Crippen LogP contribution in [0.25, 0.3) is 11.5 Å². The molecular weight excluding hydrogens is 317 g/mol. The molecule has 6 nitrogen and oxygen atoms in total. The minimum atomic E-state index is -0.284. The minimum Gasteiger partial charge on any atom is -0.444 e. The summed E-state index contributed by atoms with van der Waals surface area (Å²) in [4.78, 5) is 4.42. The van der Waals surface area contributed by atoms with Crippen LogP contribution in [0.15, 0.2) is 40.1 Å². The lowest BCUT2D eigenvalue weighted by Gasteiger charge is -2.04. The second-order valence-electron chi connectivity index (χ2n) is 5.38. The van der Waals surface area contributed by atoms with Crippen molar-refractivity contribution in [2.45, 2.75) is 29.8 Å². The number of hydrogen-bond donors (Lipinski definition) is 1. The number of nitrogens with zero attached hydrogens (tertiary/aromatic N) is 4. The largest absolute Gasteiger partial charge is 0.444 e. The molecule has 0 unspecified atom stereocenters. The van der Waals surface area contributed by atoms with Gasteiger partial charge in [-0.05, 0) is 37.1 Å². The Labute approximate surface area is 135 Å². The fourth-order valence-electron chi connectivity index (χ4n) is 2.30. The number of thioether (sulfide) groups is 1. The Morgan fingerprint density at radius 2 is 2.04 bits per heavy atom. The van der Waals surface area contributed by atoms with E-state index >= 15 is 0 Å². The third kappa shape index (κ3) is 2.94. The first kappa shape index (κ1) is 14.3. The van der Waals surface area contributed by atoms with Crippen molar-refractivity contribution in [1.29, 1.82) is 0 Å². The normalized spacial score (nSPS) is 14.3. The predicted octanol–water partition coefficient (Wildman–Crippen LogP) is 3.28. The molecule has 3 aromatic rings. The Balaban J connectivity index is 1.47. The molecule has 1 aromatic carbocycles. The monoisotopic (exact) mass is 331 g/mol. The molecule has 2 N–H and O–H groups in total. The zero-order valence-electron chi connectivity index (χ0n) is 12.1. The summed E-state index contributed by atoms with van der Waals surface area (Å²) in [5, 5.41) is 8.86. The number of rotatable bonds is 5. The van der Waals surface area contributed by atoms with Crippen molar-refractivity contribution in [3.63, 3.8) is 0 Å². The van der Waals surface area contributed by atoms with Crippen LogP contribution < -0.4 is 5.73 Å². The number of halogens is 1. The maximum Gasteiger partial charge on any atom is 0.226 e. The molecule has 2 heterocycles. The molecule has 0 aliphatic heterocycles. The first-order valence-corrected chi connectivity index (χ1v) is 8.23. The fourth-order valence-corrected chi connectivity index (χ4v) is 3.19. The van der Waals surface area contributed by atoms with Crippen LogP contribution in [0.5, 0.6) is 0 Å². The lowest BCUT2D eigenvalue weighted by Crippen LogP contribution is -2.02. The van der Waals surface area contributed by atoms with E-state index in [9.17, 15) is 4.39 Å². The summed E-state index contributed by atoms with van der Waals surface area (Å²) in [6, 6.07) is 6.48. The SMILES string of the molecule is Nc1nnc(SCc2coc(-c3ccc(F)cc3)n2)n1C1CC1. The van der Waals surface area contributed by atoms with Gasteiger partial charge in [-0.2, -0.15) is 0 Å². The first-order valence-electron chi connectivity index (χ1n) is 7.24. The van der Waals surface area contributed by atoms with Gasteiger partial charge in [0.15, 0.2) is 5.16 Å². The van der Waals surface area contributed by atoms with E-state index in [4.69, 9.17) is 10.2 Å². The highest BCUT2D eigenvalue weighted by Crippen LogP contribution is 2.39. The number of aromatic nitrogens is 4. The maximum absolute atomic E-state index is 12.9. The number of oxazole rings is 1. The lowest BCUT2D eigenvalue weighted by atomic mass is 10.2. The van der Waals surface area contributed by atoms with Crippen LogP contribution in [-0.2, 0) is 5.75 Å². The summed E-state index contributed by atoms with van der Waals surface area (Å²) < 4.78 is 20.4. The molecule has 1 fully saturated rings. The lowest BCUT2D eigenvalue weighted by molar-refractivity contribution is 0.572. The number of nitrogen functional groups attached to an aromatic ring is 1. The Hall–Kier alpha value is -2.35. The van der Waals surface area contributed by atoms with Gasteiger partial charge >= 0.3 is 0 Å². The van der Waals surface area contributed by atoms with E-state index in [0.29, 0.717) is 23.6 Å². The van der Waals surface area contributed by atoms with Crippen molar-refractivity contribution in [2.75, 3.05) is 5.73 Å². The molecule has 0 bridgehead atoms. The van der Waals surface area contributed by atoms with Crippen LogP contribution in [0.4, 0.5) is 10.3 Å². The van der Waals surface area contributed by atoms with E-state index in [1.165, 1.54) is 23.9 Å². The summed E-state index contributed by atoms with van der Waals surface area (Å²) >= 11 is 1.53. The van der Waals surface area contributed by atoms with Crippen molar-refractivity contribution >= 4 is 17.7 Å². The Morgan fingerprint density at radius 1 is 1.26 bits per heavy atom. The van der Waals surface area contributed by atoms with Gasteiger partial charge < -0.3 is 10.2 Å². The van der Waals surface area contributed by atoms with Gasteiger partial charge in [-0.3, -0.25) is 4.57 Å². The van der Waals surface area contributed by atoms with E-state index in [1.54, 1.807) is 18.4 Å². The average Bonchev–Trinajstić information content (AvgIpc) is 3.15. The molecule has 0 amide bonds. The minimum absolute atomic E-state index is 0.284. The number of nitrogens with two attached hydrogens (primary N) is 1. The van der Waals surface area contributed by atoms with Gasteiger partial charge in [0.25, 0.3) is 0 Å². The molecule has 0 atom stereocenters. The molecule has 23 heavy (non-hydrogen) atoms. The van der Waals surface area contributed by atoms with Crippen LogP contribution in [-0.4, -0.2) is 19.7 Å². The number of hydrogen-bond acceptors (Lipinski definition) is 6. The van der Waals surface area contributed by atoms with Gasteiger partial charge in [-0.25, -0.2) is 9.37 Å². The quantitative estimate of drug-likeness (QED) is 0.722. The van der Waals surface area contributed by atoms with E-state index in [0.717, 1.165) is 29.3 Å². The van der Waals surface area contributed by atoms with E-state index in [-0.39, 0.29) is 5.82 Å². The summed E-state index contributed by atoms with van der Waals surface area (Å²) in [5.74, 6) is 1.26. The van der Waals surface area contributed by atoms with Crippen molar-refractivity contribution in [3.05, 3.63) is 42.0 Å². The van der Waals surface area contributed by atoms with Crippen molar-refractivity contribution < 1.29 is 8.81 Å². The van der Waals surface area contributed by atoms with E-state index < -0.39 is 0 Å². The zero-order valence-corrected chi connectivity index (χ0v) is 13.0.